The Morgan fingerprint density at radius 1 is 1.25 bits per heavy atom. The molecule has 0 aromatic heterocycles. The number of nitrogens with zero attached hydrogens (tertiary/aromatic N) is 2. The molecule has 0 saturated heterocycles. The molecule has 0 fully saturated rings. The minimum absolute atomic E-state index is 0.240. The summed E-state index contributed by atoms with van der Waals surface area (Å²) in [7, 11) is 1.88. The van der Waals surface area contributed by atoms with Crippen molar-refractivity contribution < 1.29 is 9.59 Å². The summed E-state index contributed by atoms with van der Waals surface area (Å²) >= 11 is 0. The number of carbonyl (C=O) groups is 2. The molecule has 0 unspecified atom stereocenters. The van der Waals surface area contributed by atoms with E-state index in [1.807, 2.05) is 24.1 Å². The lowest BCUT2D eigenvalue weighted by Gasteiger charge is -2.17. The molecule has 0 bridgehead atoms. The number of rotatable bonds is 6. The van der Waals surface area contributed by atoms with E-state index < -0.39 is 11.8 Å². The summed E-state index contributed by atoms with van der Waals surface area (Å²) in [5.74, 6) is -1.71. The summed E-state index contributed by atoms with van der Waals surface area (Å²) in [6.07, 6.45) is 1.79. The standard InChI is InChI=1S/C14H16N4O2/c1-18(8-2-7-15)11-5-3-10(4-6-11)9-12(13(16)19)14(17)20/h3-6,9H,2,8H2,1H3,(H2,16,19)(H2,17,20). The quantitative estimate of drug-likeness (QED) is 0.443. The lowest BCUT2D eigenvalue weighted by atomic mass is 10.1. The SMILES string of the molecule is CN(CCC#N)c1ccc(C=C(C(N)=O)C(N)=O)cc1. The highest BCUT2D eigenvalue weighted by molar-refractivity contribution is 6.20. The first kappa shape index (κ1) is 15.2. The van der Waals surface area contributed by atoms with Gasteiger partial charge in [0, 0.05) is 19.3 Å². The van der Waals surface area contributed by atoms with Crippen molar-refractivity contribution in [1.82, 2.24) is 0 Å². The van der Waals surface area contributed by atoms with Gasteiger partial charge in [-0.1, -0.05) is 12.1 Å². The van der Waals surface area contributed by atoms with E-state index in [-0.39, 0.29) is 5.57 Å². The molecule has 0 radical (unpaired) electrons. The number of carbonyl (C=O) groups excluding carboxylic acids is 2. The van der Waals surface area contributed by atoms with Crippen molar-refractivity contribution in [3.05, 3.63) is 35.4 Å². The molecule has 6 heteroatoms. The molecule has 20 heavy (non-hydrogen) atoms. The van der Waals surface area contributed by atoms with Crippen LogP contribution in [-0.4, -0.2) is 25.4 Å². The number of nitrogens with two attached hydrogens (primary N) is 2. The van der Waals surface area contributed by atoms with Crippen LogP contribution in [0.5, 0.6) is 0 Å². The molecule has 0 aliphatic carbocycles. The highest BCUT2D eigenvalue weighted by atomic mass is 16.2. The van der Waals surface area contributed by atoms with Gasteiger partial charge in [-0.05, 0) is 23.8 Å². The fraction of sp³-hybridized carbons (Fsp3) is 0.214. The largest absolute Gasteiger partial charge is 0.374 e. The van der Waals surface area contributed by atoms with Crippen molar-refractivity contribution in [2.75, 3.05) is 18.5 Å². The highest BCUT2D eigenvalue weighted by Gasteiger charge is 2.11. The van der Waals surface area contributed by atoms with Gasteiger partial charge >= 0.3 is 0 Å². The smallest absolute Gasteiger partial charge is 0.254 e. The van der Waals surface area contributed by atoms with Gasteiger partial charge < -0.3 is 16.4 Å². The van der Waals surface area contributed by atoms with Crippen LogP contribution < -0.4 is 16.4 Å². The fourth-order valence-corrected chi connectivity index (χ4v) is 1.60. The molecule has 0 aliphatic heterocycles. The summed E-state index contributed by atoms with van der Waals surface area (Å²) in [5, 5.41) is 8.54. The number of anilines is 1. The van der Waals surface area contributed by atoms with Gasteiger partial charge in [0.1, 0.15) is 5.57 Å². The maximum absolute atomic E-state index is 11.1. The van der Waals surface area contributed by atoms with Crippen LogP contribution in [-0.2, 0) is 9.59 Å². The van der Waals surface area contributed by atoms with Crippen LogP contribution >= 0.6 is 0 Å². The number of hydrogen-bond acceptors (Lipinski definition) is 4. The van der Waals surface area contributed by atoms with Crippen LogP contribution in [0.1, 0.15) is 12.0 Å². The summed E-state index contributed by atoms with van der Waals surface area (Å²) < 4.78 is 0. The summed E-state index contributed by atoms with van der Waals surface area (Å²) in [4.78, 5) is 24.0. The van der Waals surface area contributed by atoms with Gasteiger partial charge in [-0.15, -0.1) is 0 Å². The van der Waals surface area contributed by atoms with Crippen LogP contribution in [0.25, 0.3) is 6.08 Å². The first-order valence-electron chi connectivity index (χ1n) is 5.95. The molecule has 2 amide bonds. The zero-order valence-electron chi connectivity index (χ0n) is 11.2. The number of benzene rings is 1. The second kappa shape index (κ2) is 6.95. The minimum Gasteiger partial charge on any atom is -0.374 e. The first-order valence-corrected chi connectivity index (χ1v) is 5.95. The van der Waals surface area contributed by atoms with Gasteiger partial charge in [0.25, 0.3) is 11.8 Å². The van der Waals surface area contributed by atoms with Crippen molar-refractivity contribution in [3.63, 3.8) is 0 Å². The van der Waals surface area contributed by atoms with Crippen LogP contribution in [0.3, 0.4) is 0 Å². The summed E-state index contributed by atoms with van der Waals surface area (Å²) in [5.41, 5.74) is 11.5. The number of hydrogen-bond donors (Lipinski definition) is 2. The Morgan fingerprint density at radius 3 is 2.25 bits per heavy atom. The fourth-order valence-electron chi connectivity index (χ4n) is 1.60. The van der Waals surface area contributed by atoms with Crippen molar-refractivity contribution in [2.24, 2.45) is 11.5 Å². The Bertz CT molecular complexity index is 554. The Kier molecular flexibility index (Phi) is 5.30. The van der Waals surface area contributed by atoms with Crippen molar-refractivity contribution in [1.29, 1.82) is 5.26 Å². The van der Waals surface area contributed by atoms with E-state index in [1.54, 1.807) is 12.1 Å². The molecule has 0 heterocycles. The Morgan fingerprint density at radius 2 is 1.80 bits per heavy atom. The predicted octanol–water partition coefficient (Wildman–Crippen LogP) is 0.390. The van der Waals surface area contributed by atoms with Gasteiger partial charge in [0.2, 0.25) is 0 Å². The zero-order chi connectivity index (χ0) is 15.1. The van der Waals surface area contributed by atoms with E-state index >= 15 is 0 Å². The van der Waals surface area contributed by atoms with E-state index in [4.69, 9.17) is 16.7 Å². The molecule has 6 nitrogen and oxygen atoms in total. The van der Waals surface area contributed by atoms with E-state index in [0.717, 1.165) is 5.69 Å². The van der Waals surface area contributed by atoms with Crippen molar-refractivity contribution >= 4 is 23.6 Å². The van der Waals surface area contributed by atoms with Gasteiger partial charge in [-0.25, -0.2) is 0 Å². The minimum atomic E-state index is -0.854. The van der Waals surface area contributed by atoms with Crippen LogP contribution in [0.15, 0.2) is 29.8 Å². The molecular formula is C14H16N4O2. The highest BCUT2D eigenvalue weighted by Crippen LogP contribution is 2.16. The molecule has 0 saturated carbocycles. The number of amides is 2. The Balaban J connectivity index is 2.91. The Hall–Kier alpha value is -2.81. The predicted molar refractivity (Wildman–Crippen MR) is 76.3 cm³/mol. The topological polar surface area (TPSA) is 113 Å². The van der Waals surface area contributed by atoms with Crippen LogP contribution in [0.4, 0.5) is 5.69 Å². The molecule has 4 N–H and O–H groups in total. The lowest BCUT2D eigenvalue weighted by Crippen LogP contribution is -2.25. The normalized spacial score (nSPS) is 9.40. The maximum Gasteiger partial charge on any atom is 0.254 e. The van der Waals surface area contributed by atoms with Gasteiger partial charge in [0.05, 0.1) is 12.5 Å². The molecule has 1 aromatic carbocycles. The molecule has 0 spiro atoms. The zero-order valence-corrected chi connectivity index (χ0v) is 11.2. The Labute approximate surface area is 117 Å². The third kappa shape index (κ3) is 4.14. The lowest BCUT2D eigenvalue weighted by molar-refractivity contribution is -0.120. The van der Waals surface area contributed by atoms with Crippen molar-refractivity contribution in [3.8, 4) is 6.07 Å². The molecule has 1 rings (SSSR count). The van der Waals surface area contributed by atoms with Gasteiger partial charge in [-0.2, -0.15) is 5.26 Å². The van der Waals surface area contributed by atoms with Crippen LogP contribution in [0, 0.1) is 11.3 Å². The maximum atomic E-state index is 11.1. The van der Waals surface area contributed by atoms with Gasteiger partial charge in [-0.3, -0.25) is 9.59 Å². The molecule has 1 aromatic rings. The molecule has 104 valence electrons. The molecule has 0 atom stereocenters. The average Bonchev–Trinajstić information content (AvgIpc) is 2.42. The van der Waals surface area contributed by atoms with Crippen LogP contribution in [0.2, 0.25) is 0 Å². The second-order valence-electron chi connectivity index (χ2n) is 4.21. The van der Waals surface area contributed by atoms with E-state index in [2.05, 4.69) is 6.07 Å². The first-order chi connectivity index (χ1) is 9.45. The monoisotopic (exact) mass is 272 g/mol. The van der Waals surface area contributed by atoms with E-state index in [9.17, 15) is 9.59 Å². The number of nitriles is 1. The third-order valence-electron chi connectivity index (χ3n) is 2.73. The molecule has 0 aliphatic rings. The molecular weight excluding hydrogens is 256 g/mol. The second-order valence-corrected chi connectivity index (χ2v) is 4.21. The van der Waals surface area contributed by atoms with Gasteiger partial charge in [0.15, 0.2) is 0 Å². The van der Waals surface area contributed by atoms with E-state index in [1.165, 1.54) is 6.08 Å². The average molecular weight is 272 g/mol. The third-order valence-corrected chi connectivity index (χ3v) is 2.73. The van der Waals surface area contributed by atoms with E-state index in [0.29, 0.717) is 18.5 Å². The summed E-state index contributed by atoms with van der Waals surface area (Å²) in [6, 6.07) is 9.20. The summed E-state index contributed by atoms with van der Waals surface area (Å²) in [6.45, 7) is 0.625. The number of primary amides is 2. The van der Waals surface area contributed by atoms with Crippen molar-refractivity contribution in [2.45, 2.75) is 6.42 Å².